The summed E-state index contributed by atoms with van der Waals surface area (Å²) in [5.41, 5.74) is 4.70. The van der Waals surface area contributed by atoms with Crippen LogP contribution in [0.1, 0.15) is 44.6 Å². The summed E-state index contributed by atoms with van der Waals surface area (Å²) in [6, 6.07) is 14.7. The molecule has 0 saturated heterocycles. The summed E-state index contributed by atoms with van der Waals surface area (Å²) in [7, 11) is 3.45. The Morgan fingerprint density at radius 2 is 1.48 bits per heavy atom. The van der Waals surface area contributed by atoms with Crippen molar-refractivity contribution in [2.24, 2.45) is 0 Å². The minimum atomic E-state index is -0.0473. The van der Waals surface area contributed by atoms with Crippen molar-refractivity contribution in [2.45, 2.75) is 27.3 Å². The molecule has 0 radical (unpaired) electrons. The fourth-order valence-electron chi connectivity index (χ4n) is 3.36. The number of carbonyl (C=O) groups excluding carboxylic acids is 2. The van der Waals surface area contributed by atoms with Gasteiger partial charge < -0.3 is 9.80 Å². The fraction of sp³-hybridized carbons (Fsp3) is 0.292. The molecule has 0 spiro atoms. The van der Waals surface area contributed by atoms with Crippen molar-refractivity contribution in [3.05, 3.63) is 81.6 Å². The van der Waals surface area contributed by atoms with E-state index in [0.717, 1.165) is 22.6 Å². The molecular weight excluding hydrogens is 412 g/mol. The number of hydrogen-bond donors (Lipinski definition) is 0. The van der Waals surface area contributed by atoms with Crippen LogP contribution in [0.5, 0.6) is 0 Å². The third-order valence-corrected chi connectivity index (χ3v) is 5.76. The molecule has 2 amide bonds. The lowest BCUT2D eigenvalue weighted by Gasteiger charge is -2.21. The average Bonchev–Trinajstić information content (AvgIpc) is 3.04. The standard InChI is InChI=1S/C24H27ClN4O2/c1-6-28(15-18-7-9-19(10-8-18)23(30)27(4)5)24(31)20-11-13-21(14-12-20)29-17(3)22(25)16(2)26-29/h7-14H,6,15H2,1-5H3. The van der Waals surface area contributed by atoms with Gasteiger partial charge in [-0.25, -0.2) is 4.68 Å². The van der Waals surface area contributed by atoms with Crippen LogP contribution in [0.25, 0.3) is 5.69 Å². The van der Waals surface area contributed by atoms with E-state index >= 15 is 0 Å². The number of nitrogens with zero attached hydrogens (tertiary/aromatic N) is 4. The number of aryl methyl sites for hydroxylation is 1. The molecule has 3 rings (SSSR count). The highest BCUT2D eigenvalue weighted by molar-refractivity contribution is 6.31. The predicted molar refractivity (Wildman–Crippen MR) is 123 cm³/mol. The van der Waals surface area contributed by atoms with Gasteiger partial charge in [0.15, 0.2) is 0 Å². The molecule has 0 aliphatic heterocycles. The highest BCUT2D eigenvalue weighted by Crippen LogP contribution is 2.23. The molecule has 0 aliphatic carbocycles. The molecule has 0 atom stereocenters. The van der Waals surface area contributed by atoms with Crippen molar-refractivity contribution in [1.82, 2.24) is 19.6 Å². The maximum Gasteiger partial charge on any atom is 0.254 e. The second-order valence-corrected chi connectivity index (χ2v) is 8.04. The summed E-state index contributed by atoms with van der Waals surface area (Å²) in [5.74, 6) is -0.0899. The monoisotopic (exact) mass is 438 g/mol. The topological polar surface area (TPSA) is 58.4 Å². The van der Waals surface area contributed by atoms with Gasteiger partial charge in [0.2, 0.25) is 0 Å². The first-order valence-corrected chi connectivity index (χ1v) is 10.5. The predicted octanol–water partition coefficient (Wildman–Crippen LogP) is 4.51. The minimum absolute atomic E-state index is 0.0426. The van der Waals surface area contributed by atoms with Gasteiger partial charge in [0.1, 0.15) is 0 Å². The first-order chi connectivity index (χ1) is 14.7. The van der Waals surface area contributed by atoms with Crippen LogP contribution in [-0.4, -0.2) is 52.0 Å². The first kappa shape index (κ1) is 22.6. The molecule has 0 N–H and O–H groups in total. The summed E-state index contributed by atoms with van der Waals surface area (Å²) in [4.78, 5) is 28.4. The third kappa shape index (κ3) is 4.80. The zero-order chi connectivity index (χ0) is 22.7. The fourth-order valence-corrected chi connectivity index (χ4v) is 3.48. The average molecular weight is 439 g/mol. The van der Waals surface area contributed by atoms with Gasteiger partial charge in [-0.15, -0.1) is 0 Å². The number of carbonyl (C=O) groups is 2. The van der Waals surface area contributed by atoms with E-state index in [1.165, 1.54) is 0 Å². The molecule has 0 saturated carbocycles. The Labute approximate surface area is 188 Å². The molecule has 7 heteroatoms. The lowest BCUT2D eigenvalue weighted by molar-refractivity contribution is 0.0751. The molecule has 0 bridgehead atoms. The van der Waals surface area contributed by atoms with E-state index in [1.807, 2.05) is 57.2 Å². The summed E-state index contributed by atoms with van der Waals surface area (Å²) < 4.78 is 1.78. The van der Waals surface area contributed by atoms with Gasteiger partial charge in [-0.3, -0.25) is 9.59 Å². The molecule has 162 valence electrons. The molecular formula is C24H27ClN4O2. The van der Waals surface area contributed by atoms with Crippen LogP contribution in [0.4, 0.5) is 0 Å². The lowest BCUT2D eigenvalue weighted by atomic mass is 10.1. The van der Waals surface area contributed by atoms with Gasteiger partial charge >= 0.3 is 0 Å². The highest BCUT2D eigenvalue weighted by Gasteiger charge is 2.16. The van der Waals surface area contributed by atoms with E-state index in [1.54, 1.807) is 40.7 Å². The maximum atomic E-state index is 13.0. The van der Waals surface area contributed by atoms with Gasteiger partial charge in [-0.05, 0) is 62.7 Å². The number of rotatable bonds is 6. The normalized spacial score (nSPS) is 10.8. The minimum Gasteiger partial charge on any atom is -0.345 e. The second kappa shape index (κ2) is 9.35. The number of halogens is 1. The van der Waals surface area contributed by atoms with Crippen molar-refractivity contribution in [3.8, 4) is 5.69 Å². The zero-order valence-electron chi connectivity index (χ0n) is 18.5. The van der Waals surface area contributed by atoms with Crippen LogP contribution in [0.2, 0.25) is 5.02 Å². The van der Waals surface area contributed by atoms with Gasteiger partial charge in [0.25, 0.3) is 11.8 Å². The Balaban J connectivity index is 1.74. The smallest absolute Gasteiger partial charge is 0.254 e. The van der Waals surface area contributed by atoms with Crippen molar-refractivity contribution in [2.75, 3.05) is 20.6 Å². The molecule has 2 aromatic carbocycles. The van der Waals surface area contributed by atoms with Crippen molar-refractivity contribution >= 4 is 23.4 Å². The number of hydrogen-bond acceptors (Lipinski definition) is 3. The van der Waals surface area contributed by atoms with E-state index in [2.05, 4.69) is 5.10 Å². The molecule has 1 aromatic heterocycles. The van der Waals surface area contributed by atoms with Gasteiger partial charge in [-0.1, -0.05) is 23.7 Å². The Kier molecular flexibility index (Phi) is 6.81. The zero-order valence-corrected chi connectivity index (χ0v) is 19.3. The quantitative estimate of drug-likeness (QED) is 0.569. The SMILES string of the molecule is CCN(Cc1ccc(C(=O)N(C)C)cc1)C(=O)c1ccc(-n2nc(C)c(Cl)c2C)cc1. The van der Waals surface area contributed by atoms with Gasteiger partial charge in [-0.2, -0.15) is 5.10 Å². The van der Waals surface area contributed by atoms with Crippen molar-refractivity contribution < 1.29 is 9.59 Å². The van der Waals surface area contributed by atoms with Crippen molar-refractivity contribution in [3.63, 3.8) is 0 Å². The molecule has 3 aromatic rings. The summed E-state index contributed by atoms with van der Waals surface area (Å²) in [6.45, 7) is 6.78. The Morgan fingerprint density at radius 3 is 1.97 bits per heavy atom. The van der Waals surface area contributed by atoms with Gasteiger partial charge in [0, 0.05) is 38.3 Å². The summed E-state index contributed by atoms with van der Waals surface area (Å²) in [6.07, 6.45) is 0. The second-order valence-electron chi connectivity index (χ2n) is 7.66. The number of benzene rings is 2. The molecule has 0 unspecified atom stereocenters. The summed E-state index contributed by atoms with van der Waals surface area (Å²) >= 11 is 6.24. The lowest BCUT2D eigenvalue weighted by Crippen LogP contribution is -2.30. The summed E-state index contributed by atoms with van der Waals surface area (Å²) in [5, 5.41) is 5.10. The van der Waals surface area contributed by atoms with E-state index in [-0.39, 0.29) is 11.8 Å². The molecule has 0 aliphatic rings. The van der Waals surface area contributed by atoms with Crippen molar-refractivity contribution in [1.29, 1.82) is 0 Å². The largest absolute Gasteiger partial charge is 0.345 e. The number of amides is 2. The van der Waals surface area contributed by atoms with Crippen LogP contribution < -0.4 is 0 Å². The van der Waals surface area contributed by atoms with Crippen LogP contribution in [0, 0.1) is 13.8 Å². The van der Waals surface area contributed by atoms with E-state index in [4.69, 9.17) is 11.6 Å². The Morgan fingerprint density at radius 1 is 0.935 bits per heavy atom. The maximum absolute atomic E-state index is 13.0. The van der Waals surface area contributed by atoms with Crippen LogP contribution >= 0.6 is 11.6 Å². The van der Waals surface area contributed by atoms with E-state index < -0.39 is 0 Å². The van der Waals surface area contributed by atoms with Gasteiger partial charge in [0.05, 0.1) is 22.1 Å². The first-order valence-electron chi connectivity index (χ1n) is 10.1. The number of aromatic nitrogens is 2. The van der Waals surface area contributed by atoms with E-state index in [9.17, 15) is 9.59 Å². The van der Waals surface area contributed by atoms with Crippen LogP contribution in [0.3, 0.4) is 0 Å². The van der Waals surface area contributed by atoms with Crippen LogP contribution in [-0.2, 0) is 6.54 Å². The van der Waals surface area contributed by atoms with Crippen LogP contribution in [0.15, 0.2) is 48.5 Å². The van der Waals surface area contributed by atoms with E-state index in [0.29, 0.717) is 29.2 Å². The Bertz CT molecular complexity index is 1090. The highest BCUT2D eigenvalue weighted by atomic mass is 35.5. The molecule has 1 heterocycles. The molecule has 31 heavy (non-hydrogen) atoms. The molecule has 6 nitrogen and oxygen atoms in total. The molecule has 0 fully saturated rings. The third-order valence-electron chi connectivity index (χ3n) is 5.21. The Hall–Kier alpha value is -3.12.